The molecule has 2 aromatic rings. The highest BCUT2D eigenvalue weighted by Crippen LogP contribution is 2.15. The largest absolute Gasteiger partial charge is 0.309 e. The van der Waals surface area contributed by atoms with Gasteiger partial charge in [-0.3, -0.25) is 0 Å². The van der Waals surface area contributed by atoms with Crippen LogP contribution < -0.4 is 5.32 Å². The van der Waals surface area contributed by atoms with E-state index in [1.165, 1.54) is 10.7 Å². The second-order valence-corrected chi connectivity index (χ2v) is 4.63. The van der Waals surface area contributed by atoms with Gasteiger partial charge < -0.3 is 5.32 Å². The summed E-state index contributed by atoms with van der Waals surface area (Å²) in [7, 11) is 0. The molecular weight excluding hydrogens is 231 g/mol. The minimum atomic E-state index is -0.286. The molecule has 0 aliphatic rings. The molecule has 1 heterocycles. The Hall–Kier alpha value is -1.75. The summed E-state index contributed by atoms with van der Waals surface area (Å²) >= 11 is 0. The van der Waals surface area contributed by atoms with Crippen molar-refractivity contribution in [2.75, 3.05) is 0 Å². The summed E-state index contributed by atoms with van der Waals surface area (Å²) in [5.41, 5.74) is 2.16. The minimum absolute atomic E-state index is 0.286. The zero-order valence-corrected chi connectivity index (χ0v) is 10.8. The van der Waals surface area contributed by atoms with Gasteiger partial charge in [0.15, 0.2) is 0 Å². The van der Waals surface area contributed by atoms with Gasteiger partial charge in [-0.25, -0.2) is 9.07 Å². The predicted octanol–water partition coefficient (Wildman–Crippen LogP) is 2.21. The summed E-state index contributed by atoms with van der Waals surface area (Å²) in [5, 5.41) is 11.1. The van der Waals surface area contributed by atoms with Crippen LogP contribution >= 0.6 is 0 Å². The lowest BCUT2D eigenvalue weighted by atomic mass is 10.2. The smallest absolute Gasteiger partial charge is 0.149 e. The Kier molecular flexibility index (Phi) is 3.72. The Balaban J connectivity index is 2.30. The molecular formula is C13H17FN4. The molecule has 0 radical (unpaired) electrons. The Labute approximate surface area is 106 Å². The SMILES string of the molecule is Cc1ccc(-n2nncc2CNC(C)C)c(F)c1. The topological polar surface area (TPSA) is 42.7 Å². The van der Waals surface area contributed by atoms with E-state index < -0.39 is 0 Å². The molecule has 0 saturated heterocycles. The van der Waals surface area contributed by atoms with Crippen molar-refractivity contribution >= 4 is 0 Å². The molecule has 0 atom stereocenters. The lowest BCUT2D eigenvalue weighted by Gasteiger charge is -2.10. The van der Waals surface area contributed by atoms with Crippen LogP contribution in [0, 0.1) is 12.7 Å². The monoisotopic (exact) mass is 248 g/mol. The molecule has 18 heavy (non-hydrogen) atoms. The van der Waals surface area contributed by atoms with Gasteiger partial charge >= 0.3 is 0 Å². The van der Waals surface area contributed by atoms with Crippen molar-refractivity contribution in [2.24, 2.45) is 0 Å². The number of rotatable bonds is 4. The average molecular weight is 248 g/mol. The van der Waals surface area contributed by atoms with Gasteiger partial charge in [0.05, 0.1) is 11.9 Å². The summed E-state index contributed by atoms with van der Waals surface area (Å²) in [5.74, 6) is -0.286. The first-order valence-electron chi connectivity index (χ1n) is 5.97. The molecule has 96 valence electrons. The quantitative estimate of drug-likeness (QED) is 0.902. The van der Waals surface area contributed by atoms with Crippen LogP contribution in [0.25, 0.3) is 5.69 Å². The summed E-state index contributed by atoms with van der Waals surface area (Å²) in [6, 6.07) is 5.44. The molecule has 0 amide bonds. The maximum atomic E-state index is 13.9. The standard InChI is InChI=1S/C13H17FN4/c1-9(2)15-7-11-8-16-17-18(11)13-5-4-10(3)6-12(13)14/h4-6,8-9,15H,7H2,1-3H3. The van der Waals surface area contributed by atoms with Gasteiger partial charge in [-0.15, -0.1) is 5.10 Å². The number of hydrogen-bond acceptors (Lipinski definition) is 3. The average Bonchev–Trinajstić information content (AvgIpc) is 2.74. The molecule has 2 rings (SSSR count). The van der Waals surface area contributed by atoms with E-state index in [0.29, 0.717) is 18.3 Å². The van der Waals surface area contributed by atoms with Crippen molar-refractivity contribution in [1.82, 2.24) is 20.3 Å². The third kappa shape index (κ3) is 2.73. The maximum absolute atomic E-state index is 13.9. The maximum Gasteiger partial charge on any atom is 0.149 e. The molecule has 0 fully saturated rings. The highest BCUT2D eigenvalue weighted by molar-refractivity contribution is 5.36. The zero-order valence-electron chi connectivity index (χ0n) is 10.8. The molecule has 0 aliphatic carbocycles. The molecule has 0 unspecified atom stereocenters. The van der Waals surface area contributed by atoms with E-state index in [-0.39, 0.29) is 5.82 Å². The van der Waals surface area contributed by atoms with Crippen molar-refractivity contribution in [1.29, 1.82) is 0 Å². The molecule has 0 spiro atoms. The molecule has 0 bridgehead atoms. The molecule has 5 heteroatoms. The molecule has 0 saturated carbocycles. The number of aryl methyl sites for hydroxylation is 1. The van der Waals surface area contributed by atoms with E-state index in [9.17, 15) is 4.39 Å². The zero-order chi connectivity index (χ0) is 13.1. The number of hydrogen-bond donors (Lipinski definition) is 1. The number of halogens is 1. The van der Waals surface area contributed by atoms with E-state index >= 15 is 0 Å². The Morgan fingerprint density at radius 1 is 1.39 bits per heavy atom. The molecule has 0 aliphatic heterocycles. The van der Waals surface area contributed by atoms with Gasteiger partial charge in [0.2, 0.25) is 0 Å². The van der Waals surface area contributed by atoms with Crippen LogP contribution in [0.1, 0.15) is 25.1 Å². The Morgan fingerprint density at radius 3 is 2.83 bits per heavy atom. The number of nitrogens with zero attached hydrogens (tertiary/aromatic N) is 3. The van der Waals surface area contributed by atoms with Gasteiger partial charge in [-0.1, -0.05) is 25.1 Å². The van der Waals surface area contributed by atoms with E-state index in [0.717, 1.165) is 11.3 Å². The van der Waals surface area contributed by atoms with E-state index in [1.54, 1.807) is 12.3 Å². The van der Waals surface area contributed by atoms with Crippen LogP contribution in [0.3, 0.4) is 0 Å². The molecule has 1 aromatic heterocycles. The fraction of sp³-hybridized carbons (Fsp3) is 0.385. The second kappa shape index (κ2) is 5.27. The van der Waals surface area contributed by atoms with Crippen molar-refractivity contribution < 1.29 is 4.39 Å². The number of aromatic nitrogens is 3. The van der Waals surface area contributed by atoms with E-state index in [2.05, 4.69) is 29.5 Å². The van der Waals surface area contributed by atoms with E-state index in [1.807, 2.05) is 13.0 Å². The number of benzene rings is 1. The van der Waals surface area contributed by atoms with Crippen molar-refractivity contribution in [2.45, 2.75) is 33.4 Å². The van der Waals surface area contributed by atoms with Crippen LogP contribution in [0.2, 0.25) is 0 Å². The van der Waals surface area contributed by atoms with Crippen LogP contribution in [-0.4, -0.2) is 21.0 Å². The summed E-state index contributed by atoms with van der Waals surface area (Å²) in [4.78, 5) is 0. The first-order chi connectivity index (χ1) is 8.58. The highest BCUT2D eigenvalue weighted by Gasteiger charge is 2.10. The minimum Gasteiger partial charge on any atom is -0.309 e. The summed E-state index contributed by atoms with van der Waals surface area (Å²) < 4.78 is 15.4. The summed E-state index contributed by atoms with van der Waals surface area (Å²) in [6.45, 7) is 6.58. The fourth-order valence-electron chi connectivity index (χ4n) is 1.67. The normalized spacial score (nSPS) is 11.2. The number of nitrogens with one attached hydrogen (secondary N) is 1. The highest BCUT2D eigenvalue weighted by atomic mass is 19.1. The first kappa shape index (κ1) is 12.7. The Bertz CT molecular complexity index is 534. The molecule has 1 N–H and O–H groups in total. The van der Waals surface area contributed by atoms with Crippen LogP contribution in [-0.2, 0) is 6.54 Å². The van der Waals surface area contributed by atoms with Crippen LogP contribution in [0.4, 0.5) is 4.39 Å². The Morgan fingerprint density at radius 2 is 2.17 bits per heavy atom. The molecule has 1 aromatic carbocycles. The van der Waals surface area contributed by atoms with Crippen LogP contribution in [0.15, 0.2) is 24.4 Å². The third-order valence-electron chi connectivity index (χ3n) is 2.64. The first-order valence-corrected chi connectivity index (χ1v) is 5.97. The molecule has 4 nitrogen and oxygen atoms in total. The van der Waals surface area contributed by atoms with E-state index in [4.69, 9.17) is 0 Å². The lowest BCUT2D eigenvalue weighted by Crippen LogP contribution is -2.23. The third-order valence-corrected chi connectivity index (χ3v) is 2.64. The van der Waals surface area contributed by atoms with Gasteiger partial charge in [-0.05, 0) is 24.6 Å². The van der Waals surface area contributed by atoms with Crippen molar-refractivity contribution in [3.05, 3.63) is 41.5 Å². The van der Waals surface area contributed by atoms with Gasteiger partial charge in [0, 0.05) is 12.6 Å². The second-order valence-electron chi connectivity index (χ2n) is 4.63. The summed E-state index contributed by atoms with van der Waals surface area (Å²) in [6.07, 6.45) is 1.65. The van der Waals surface area contributed by atoms with Crippen LogP contribution in [0.5, 0.6) is 0 Å². The van der Waals surface area contributed by atoms with Crippen molar-refractivity contribution in [3.63, 3.8) is 0 Å². The van der Waals surface area contributed by atoms with Gasteiger partial charge in [0.25, 0.3) is 0 Å². The predicted molar refractivity (Wildman–Crippen MR) is 68.0 cm³/mol. The van der Waals surface area contributed by atoms with Gasteiger partial charge in [-0.2, -0.15) is 0 Å². The lowest BCUT2D eigenvalue weighted by molar-refractivity contribution is 0.560. The fourth-order valence-corrected chi connectivity index (χ4v) is 1.67. The van der Waals surface area contributed by atoms with Crippen molar-refractivity contribution in [3.8, 4) is 5.69 Å². The van der Waals surface area contributed by atoms with Gasteiger partial charge in [0.1, 0.15) is 11.5 Å².